The summed E-state index contributed by atoms with van der Waals surface area (Å²) in [6.07, 6.45) is 0.956. The number of esters is 1. The molecule has 1 amide bonds. The van der Waals surface area contributed by atoms with Crippen molar-refractivity contribution >= 4 is 11.9 Å². The van der Waals surface area contributed by atoms with Crippen molar-refractivity contribution in [3.63, 3.8) is 0 Å². The lowest BCUT2D eigenvalue weighted by atomic mass is 9.70. The second-order valence-corrected chi connectivity index (χ2v) is 9.30. The van der Waals surface area contributed by atoms with Crippen molar-refractivity contribution < 1.29 is 23.1 Å². The fraction of sp³-hybridized carbons (Fsp3) is 0.462. The third kappa shape index (κ3) is 7.14. The molecule has 2 aromatic rings. The Labute approximate surface area is 189 Å². The molecule has 0 radical (unpaired) electrons. The van der Waals surface area contributed by atoms with E-state index in [-0.39, 0.29) is 11.5 Å². The van der Waals surface area contributed by atoms with E-state index >= 15 is 0 Å². The highest BCUT2D eigenvalue weighted by molar-refractivity contribution is 5.94. The summed E-state index contributed by atoms with van der Waals surface area (Å²) in [7, 11) is 0. The monoisotopic (exact) mass is 445 g/mol. The highest BCUT2D eigenvalue weighted by Gasteiger charge is 2.40. The Morgan fingerprint density at radius 3 is 1.69 bits per heavy atom. The zero-order chi connectivity index (χ0) is 23.9. The van der Waals surface area contributed by atoms with Gasteiger partial charge in [0.05, 0.1) is 5.56 Å². The lowest BCUT2D eigenvalue weighted by Gasteiger charge is -2.41. The number of hydrogen-bond acceptors (Lipinski definition) is 3. The van der Waals surface area contributed by atoms with Gasteiger partial charge in [-0.1, -0.05) is 27.7 Å². The Morgan fingerprint density at radius 2 is 1.25 bits per heavy atom. The van der Waals surface area contributed by atoms with E-state index in [1.807, 2.05) is 6.92 Å². The predicted octanol–water partition coefficient (Wildman–Crippen LogP) is 6.02. The minimum absolute atomic E-state index is 0.275. The Morgan fingerprint density at radius 1 is 0.812 bits per heavy atom. The summed E-state index contributed by atoms with van der Waals surface area (Å²) >= 11 is 0. The van der Waals surface area contributed by atoms with E-state index in [4.69, 9.17) is 4.74 Å². The zero-order valence-corrected chi connectivity index (χ0v) is 19.5. The fourth-order valence-corrected chi connectivity index (χ4v) is 4.23. The SMILES string of the molecule is CC(C)CC(CNC(=O)c1ccc(F)cc1)(CC(C)C)C(C)OC(=O)c1ccc(F)cc1. The van der Waals surface area contributed by atoms with Gasteiger partial charge in [-0.15, -0.1) is 0 Å². The lowest BCUT2D eigenvalue weighted by molar-refractivity contribution is -0.0271. The summed E-state index contributed by atoms with van der Waals surface area (Å²) < 4.78 is 32.2. The molecule has 0 aliphatic carbocycles. The van der Waals surface area contributed by atoms with Gasteiger partial charge < -0.3 is 10.1 Å². The second kappa shape index (κ2) is 11.2. The molecule has 174 valence electrons. The summed E-state index contributed by atoms with van der Waals surface area (Å²) in [5, 5.41) is 2.97. The molecule has 0 heterocycles. The topological polar surface area (TPSA) is 55.4 Å². The van der Waals surface area contributed by atoms with Gasteiger partial charge in [-0.3, -0.25) is 4.79 Å². The number of carbonyl (C=O) groups excluding carboxylic acids is 2. The minimum Gasteiger partial charge on any atom is -0.458 e. The van der Waals surface area contributed by atoms with Crippen LogP contribution in [-0.2, 0) is 4.74 Å². The first-order valence-corrected chi connectivity index (χ1v) is 11.0. The van der Waals surface area contributed by atoms with E-state index in [1.54, 1.807) is 0 Å². The Kier molecular flexibility index (Phi) is 8.93. The van der Waals surface area contributed by atoms with Crippen molar-refractivity contribution in [2.24, 2.45) is 17.3 Å². The zero-order valence-electron chi connectivity index (χ0n) is 19.5. The second-order valence-electron chi connectivity index (χ2n) is 9.30. The summed E-state index contributed by atoms with van der Waals surface area (Å²) in [5.74, 6) is -1.08. The summed E-state index contributed by atoms with van der Waals surface area (Å²) in [4.78, 5) is 25.4. The molecule has 0 saturated carbocycles. The van der Waals surface area contributed by atoms with E-state index < -0.39 is 29.1 Å². The van der Waals surface area contributed by atoms with Gasteiger partial charge in [0.25, 0.3) is 5.91 Å². The van der Waals surface area contributed by atoms with Crippen LogP contribution < -0.4 is 5.32 Å². The summed E-state index contributed by atoms with van der Waals surface area (Å²) in [5.41, 5.74) is 0.134. The normalized spacial score (nSPS) is 12.7. The van der Waals surface area contributed by atoms with Crippen molar-refractivity contribution in [3.05, 3.63) is 71.3 Å². The quantitative estimate of drug-likeness (QED) is 0.455. The Balaban J connectivity index is 2.25. The molecule has 4 nitrogen and oxygen atoms in total. The summed E-state index contributed by atoms with van der Waals surface area (Å²) in [6.45, 7) is 10.5. The maximum atomic E-state index is 13.2. The molecule has 0 spiro atoms. The number of carbonyl (C=O) groups is 2. The number of hydrogen-bond donors (Lipinski definition) is 1. The number of halogens is 2. The van der Waals surface area contributed by atoms with Crippen LogP contribution in [0.5, 0.6) is 0 Å². The van der Waals surface area contributed by atoms with Gasteiger partial charge in [-0.2, -0.15) is 0 Å². The van der Waals surface area contributed by atoms with Crippen LogP contribution >= 0.6 is 0 Å². The lowest BCUT2D eigenvalue weighted by Crippen LogP contribution is -2.47. The van der Waals surface area contributed by atoms with Crippen molar-refractivity contribution in [1.82, 2.24) is 5.32 Å². The number of amides is 1. The van der Waals surface area contributed by atoms with Crippen molar-refractivity contribution in [3.8, 4) is 0 Å². The Bertz CT molecular complexity index is 882. The standard InChI is InChI=1S/C26H33F2NO3/c1-17(2)14-26(15-18(3)4,16-29-24(30)20-6-10-22(27)11-7-20)19(5)32-25(31)21-8-12-23(28)13-9-21/h6-13,17-19H,14-16H2,1-5H3,(H,29,30). The number of benzene rings is 2. The Hall–Kier alpha value is -2.76. The largest absolute Gasteiger partial charge is 0.458 e. The van der Waals surface area contributed by atoms with E-state index in [0.29, 0.717) is 23.9 Å². The molecule has 0 aliphatic rings. The van der Waals surface area contributed by atoms with Gasteiger partial charge in [0.1, 0.15) is 17.7 Å². The smallest absolute Gasteiger partial charge is 0.338 e. The van der Waals surface area contributed by atoms with Crippen molar-refractivity contribution in [2.75, 3.05) is 6.54 Å². The average Bonchev–Trinajstić information content (AvgIpc) is 2.71. The number of ether oxygens (including phenoxy) is 1. The molecule has 2 aromatic carbocycles. The van der Waals surface area contributed by atoms with Crippen molar-refractivity contribution in [2.45, 2.75) is 53.6 Å². The van der Waals surface area contributed by atoms with Gasteiger partial charge in [-0.05, 0) is 80.1 Å². The molecule has 0 aromatic heterocycles. The molecule has 0 aliphatic heterocycles. The number of rotatable bonds is 10. The van der Waals surface area contributed by atoms with Crippen LogP contribution in [0.4, 0.5) is 8.78 Å². The maximum Gasteiger partial charge on any atom is 0.338 e. The first kappa shape index (κ1) is 25.5. The third-order valence-electron chi connectivity index (χ3n) is 5.56. The average molecular weight is 446 g/mol. The van der Waals surface area contributed by atoms with Gasteiger partial charge in [0.15, 0.2) is 0 Å². The van der Waals surface area contributed by atoms with Crippen LogP contribution in [0.25, 0.3) is 0 Å². The van der Waals surface area contributed by atoms with Crippen LogP contribution in [0.2, 0.25) is 0 Å². The minimum atomic E-state index is -0.528. The van der Waals surface area contributed by atoms with Gasteiger partial charge >= 0.3 is 5.97 Å². The molecular formula is C26H33F2NO3. The van der Waals surface area contributed by atoms with Gasteiger partial charge in [0, 0.05) is 17.5 Å². The molecule has 0 bridgehead atoms. The first-order chi connectivity index (χ1) is 15.0. The highest BCUT2D eigenvalue weighted by atomic mass is 19.1. The highest BCUT2D eigenvalue weighted by Crippen LogP contribution is 2.38. The van der Waals surface area contributed by atoms with E-state index in [0.717, 1.165) is 12.8 Å². The molecule has 0 saturated heterocycles. The van der Waals surface area contributed by atoms with E-state index in [1.165, 1.54) is 48.5 Å². The van der Waals surface area contributed by atoms with Crippen LogP contribution in [0.3, 0.4) is 0 Å². The van der Waals surface area contributed by atoms with E-state index in [9.17, 15) is 18.4 Å². The van der Waals surface area contributed by atoms with Crippen LogP contribution in [0.1, 0.15) is 68.2 Å². The first-order valence-electron chi connectivity index (χ1n) is 11.0. The van der Waals surface area contributed by atoms with Gasteiger partial charge in [-0.25, -0.2) is 13.6 Å². The van der Waals surface area contributed by atoms with Crippen LogP contribution in [0.15, 0.2) is 48.5 Å². The molecule has 1 unspecified atom stereocenters. The molecule has 1 N–H and O–H groups in total. The molecule has 2 rings (SSSR count). The molecule has 6 heteroatoms. The number of nitrogens with one attached hydrogen (secondary N) is 1. The molecule has 1 atom stereocenters. The maximum absolute atomic E-state index is 13.2. The third-order valence-corrected chi connectivity index (χ3v) is 5.56. The predicted molar refractivity (Wildman–Crippen MR) is 121 cm³/mol. The van der Waals surface area contributed by atoms with Crippen LogP contribution in [0, 0.1) is 28.9 Å². The molecular weight excluding hydrogens is 412 g/mol. The molecule has 32 heavy (non-hydrogen) atoms. The van der Waals surface area contributed by atoms with E-state index in [2.05, 4.69) is 33.0 Å². The molecule has 0 fully saturated rings. The van der Waals surface area contributed by atoms with Crippen LogP contribution in [-0.4, -0.2) is 24.5 Å². The van der Waals surface area contributed by atoms with Crippen molar-refractivity contribution in [1.29, 1.82) is 0 Å². The fourth-order valence-electron chi connectivity index (χ4n) is 4.23. The van der Waals surface area contributed by atoms with Gasteiger partial charge in [0.2, 0.25) is 0 Å². The summed E-state index contributed by atoms with van der Waals surface area (Å²) in [6, 6.07) is 10.6.